The van der Waals surface area contributed by atoms with Gasteiger partial charge in [0.15, 0.2) is 5.78 Å². The molecule has 2 N–H and O–H groups in total. The molecule has 0 radical (unpaired) electrons. The Labute approximate surface area is 116 Å². The van der Waals surface area contributed by atoms with Gasteiger partial charge in [-0.25, -0.2) is 0 Å². The van der Waals surface area contributed by atoms with E-state index in [1.807, 2.05) is 26.0 Å². The van der Waals surface area contributed by atoms with Gasteiger partial charge in [-0.1, -0.05) is 20.8 Å². The summed E-state index contributed by atoms with van der Waals surface area (Å²) in [7, 11) is 1.67. The number of ether oxygens (including phenoxy) is 1. The molecule has 3 nitrogen and oxygen atoms in total. The third kappa shape index (κ3) is 3.80. The second-order valence-electron chi connectivity index (χ2n) is 5.53. The van der Waals surface area contributed by atoms with Gasteiger partial charge < -0.3 is 10.5 Å². The second-order valence-corrected chi connectivity index (χ2v) is 5.53. The quantitative estimate of drug-likeness (QED) is 0.801. The maximum atomic E-state index is 12.3. The largest absolute Gasteiger partial charge is 0.496 e. The van der Waals surface area contributed by atoms with Gasteiger partial charge in [-0.15, -0.1) is 0 Å². The number of Topliss-reactive ketones (excluding diaryl/α,β-unsaturated/α-hetero) is 1. The van der Waals surface area contributed by atoms with E-state index in [0.717, 1.165) is 22.4 Å². The number of hydrogen-bond acceptors (Lipinski definition) is 3. The minimum atomic E-state index is 0.167. The van der Waals surface area contributed by atoms with E-state index in [9.17, 15) is 4.79 Å². The molecule has 1 aromatic carbocycles. The lowest BCUT2D eigenvalue weighted by atomic mass is 9.91. The Bertz CT molecular complexity index is 452. The van der Waals surface area contributed by atoms with Gasteiger partial charge >= 0.3 is 0 Å². The number of carbonyl (C=O) groups excluding carboxylic acids is 1. The Morgan fingerprint density at radius 2 is 1.95 bits per heavy atom. The van der Waals surface area contributed by atoms with E-state index in [1.165, 1.54) is 0 Å². The predicted octanol–water partition coefficient (Wildman–Crippen LogP) is 3.29. The molecule has 0 aliphatic carbocycles. The SMILES string of the molecule is COc1cc(C)c(C(=O)CC(C)CN)cc1C(C)C. The van der Waals surface area contributed by atoms with Crippen LogP contribution in [0.25, 0.3) is 0 Å². The Hall–Kier alpha value is -1.35. The Balaban J connectivity index is 3.14. The zero-order valence-corrected chi connectivity index (χ0v) is 12.6. The van der Waals surface area contributed by atoms with Crippen molar-refractivity contribution in [1.29, 1.82) is 0 Å². The van der Waals surface area contributed by atoms with Crippen molar-refractivity contribution in [3.63, 3.8) is 0 Å². The maximum Gasteiger partial charge on any atom is 0.163 e. The molecule has 0 aromatic heterocycles. The van der Waals surface area contributed by atoms with E-state index in [1.54, 1.807) is 7.11 Å². The van der Waals surface area contributed by atoms with Crippen molar-refractivity contribution in [1.82, 2.24) is 0 Å². The molecule has 1 rings (SSSR count). The standard InChI is InChI=1S/C16H25NO2/c1-10(2)13-8-14(12(4)7-16(13)19-5)15(18)6-11(3)9-17/h7-8,10-11H,6,9,17H2,1-5H3. The predicted molar refractivity (Wildman–Crippen MR) is 79.0 cm³/mol. The minimum Gasteiger partial charge on any atom is -0.496 e. The lowest BCUT2D eigenvalue weighted by Gasteiger charge is -2.16. The summed E-state index contributed by atoms with van der Waals surface area (Å²) in [5.74, 6) is 1.57. The molecule has 0 saturated heterocycles. The van der Waals surface area contributed by atoms with Crippen molar-refractivity contribution in [2.24, 2.45) is 11.7 Å². The lowest BCUT2D eigenvalue weighted by Crippen LogP contribution is -2.16. The van der Waals surface area contributed by atoms with Gasteiger partial charge in [0.1, 0.15) is 5.75 Å². The fourth-order valence-corrected chi connectivity index (χ4v) is 2.14. The van der Waals surface area contributed by atoms with Crippen LogP contribution in [0.3, 0.4) is 0 Å². The van der Waals surface area contributed by atoms with Gasteiger partial charge in [-0.2, -0.15) is 0 Å². The fourth-order valence-electron chi connectivity index (χ4n) is 2.14. The van der Waals surface area contributed by atoms with Crippen molar-refractivity contribution in [3.05, 3.63) is 28.8 Å². The molecule has 0 saturated carbocycles. The molecule has 0 amide bonds. The lowest BCUT2D eigenvalue weighted by molar-refractivity contribution is 0.0965. The van der Waals surface area contributed by atoms with E-state index in [4.69, 9.17) is 10.5 Å². The summed E-state index contributed by atoms with van der Waals surface area (Å²) in [5.41, 5.74) is 8.43. The van der Waals surface area contributed by atoms with Gasteiger partial charge in [0.25, 0.3) is 0 Å². The van der Waals surface area contributed by atoms with Crippen LogP contribution in [-0.2, 0) is 0 Å². The third-order valence-corrected chi connectivity index (χ3v) is 3.44. The molecule has 1 unspecified atom stereocenters. The smallest absolute Gasteiger partial charge is 0.163 e. The summed E-state index contributed by atoms with van der Waals surface area (Å²) in [4.78, 5) is 12.3. The number of carbonyl (C=O) groups is 1. The van der Waals surface area contributed by atoms with Crippen LogP contribution < -0.4 is 10.5 Å². The highest BCUT2D eigenvalue weighted by atomic mass is 16.5. The first kappa shape index (κ1) is 15.7. The van der Waals surface area contributed by atoms with E-state index in [2.05, 4.69) is 13.8 Å². The molecule has 0 aliphatic heterocycles. The van der Waals surface area contributed by atoms with Crippen molar-refractivity contribution >= 4 is 5.78 Å². The van der Waals surface area contributed by atoms with Crippen LogP contribution in [0.2, 0.25) is 0 Å². The van der Waals surface area contributed by atoms with E-state index >= 15 is 0 Å². The van der Waals surface area contributed by atoms with Crippen LogP contribution in [0.5, 0.6) is 5.75 Å². The van der Waals surface area contributed by atoms with Gasteiger partial charge in [0, 0.05) is 12.0 Å². The number of methoxy groups -OCH3 is 1. The van der Waals surface area contributed by atoms with Crippen molar-refractivity contribution in [2.45, 2.75) is 40.0 Å². The average Bonchev–Trinajstić information content (AvgIpc) is 2.37. The summed E-state index contributed by atoms with van der Waals surface area (Å²) < 4.78 is 5.39. The Kier molecular flexibility index (Phi) is 5.55. The first-order valence-electron chi connectivity index (χ1n) is 6.82. The molecular formula is C16H25NO2. The third-order valence-electron chi connectivity index (χ3n) is 3.44. The molecule has 1 aromatic rings. The Morgan fingerprint density at radius 3 is 2.42 bits per heavy atom. The van der Waals surface area contributed by atoms with Gasteiger partial charge in [-0.05, 0) is 48.6 Å². The van der Waals surface area contributed by atoms with Gasteiger partial charge in [0.05, 0.1) is 7.11 Å². The van der Waals surface area contributed by atoms with E-state index in [0.29, 0.717) is 18.9 Å². The van der Waals surface area contributed by atoms with Crippen molar-refractivity contribution in [2.75, 3.05) is 13.7 Å². The van der Waals surface area contributed by atoms with Gasteiger partial charge in [0.2, 0.25) is 0 Å². The molecule has 0 spiro atoms. The molecule has 106 valence electrons. The van der Waals surface area contributed by atoms with E-state index in [-0.39, 0.29) is 11.7 Å². The van der Waals surface area contributed by atoms with Crippen LogP contribution in [-0.4, -0.2) is 19.4 Å². The Morgan fingerprint density at radius 1 is 1.32 bits per heavy atom. The minimum absolute atomic E-state index is 0.167. The number of nitrogens with two attached hydrogens (primary N) is 1. The number of rotatable bonds is 6. The molecule has 0 fully saturated rings. The zero-order chi connectivity index (χ0) is 14.6. The molecule has 3 heteroatoms. The van der Waals surface area contributed by atoms with Crippen LogP contribution in [0, 0.1) is 12.8 Å². The van der Waals surface area contributed by atoms with Crippen LogP contribution in [0.15, 0.2) is 12.1 Å². The van der Waals surface area contributed by atoms with Crippen molar-refractivity contribution < 1.29 is 9.53 Å². The summed E-state index contributed by atoms with van der Waals surface area (Å²) in [5, 5.41) is 0. The van der Waals surface area contributed by atoms with E-state index < -0.39 is 0 Å². The normalized spacial score (nSPS) is 12.6. The molecule has 1 atom stereocenters. The number of aryl methyl sites for hydroxylation is 1. The van der Waals surface area contributed by atoms with Crippen LogP contribution in [0.1, 0.15) is 54.6 Å². The molecular weight excluding hydrogens is 238 g/mol. The highest BCUT2D eigenvalue weighted by molar-refractivity contribution is 5.98. The first-order valence-corrected chi connectivity index (χ1v) is 6.82. The number of ketones is 1. The van der Waals surface area contributed by atoms with Crippen LogP contribution >= 0.6 is 0 Å². The fraction of sp³-hybridized carbons (Fsp3) is 0.562. The molecule has 0 heterocycles. The monoisotopic (exact) mass is 263 g/mol. The topological polar surface area (TPSA) is 52.3 Å². The van der Waals surface area contributed by atoms with Crippen LogP contribution in [0.4, 0.5) is 0 Å². The highest BCUT2D eigenvalue weighted by Crippen LogP contribution is 2.30. The van der Waals surface area contributed by atoms with Crippen molar-refractivity contribution in [3.8, 4) is 5.75 Å². The average molecular weight is 263 g/mol. The molecule has 19 heavy (non-hydrogen) atoms. The maximum absolute atomic E-state index is 12.3. The van der Waals surface area contributed by atoms with Gasteiger partial charge in [-0.3, -0.25) is 4.79 Å². The summed E-state index contributed by atoms with van der Waals surface area (Å²) in [6, 6.07) is 3.93. The summed E-state index contributed by atoms with van der Waals surface area (Å²) in [6.45, 7) is 8.69. The summed E-state index contributed by atoms with van der Waals surface area (Å²) in [6.07, 6.45) is 0.501. The summed E-state index contributed by atoms with van der Waals surface area (Å²) >= 11 is 0. The molecule has 0 aliphatic rings. The zero-order valence-electron chi connectivity index (χ0n) is 12.6. The second kappa shape index (κ2) is 6.71. The highest BCUT2D eigenvalue weighted by Gasteiger charge is 2.17. The number of benzene rings is 1. The number of hydrogen-bond donors (Lipinski definition) is 1. The molecule has 0 bridgehead atoms. The first-order chi connectivity index (χ1) is 8.90.